The Morgan fingerprint density at radius 1 is 1.21 bits per heavy atom. The van der Waals surface area contributed by atoms with Gasteiger partial charge in [0.1, 0.15) is 10.6 Å². The molecular formula is C20H23N3O4S. The van der Waals surface area contributed by atoms with Crippen LogP contribution in [-0.4, -0.2) is 43.8 Å². The SMILES string of the molecule is COc1ccc(/C=C/C(=O)Nc2cccnc2)cc1S(=O)(=O)N1CCCCC1. The Kier molecular flexibility index (Phi) is 6.43. The summed E-state index contributed by atoms with van der Waals surface area (Å²) in [6, 6.07) is 8.31. The average molecular weight is 401 g/mol. The summed E-state index contributed by atoms with van der Waals surface area (Å²) in [6.45, 7) is 1.03. The standard InChI is InChI=1S/C20H23N3O4S/c1-27-18-9-7-16(8-10-20(24)22-17-6-5-11-21-15-17)14-19(18)28(25,26)23-12-3-2-4-13-23/h5-11,14-15H,2-4,12-13H2,1H3,(H,22,24)/b10-8+. The summed E-state index contributed by atoms with van der Waals surface area (Å²) in [4.78, 5) is 16.1. The molecule has 148 valence electrons. The maximum atomic E-state index is 13.0. The van der Waals surface area contributed by atoms with E-state index in [0.29, 0.717) is 30.1 Å². The summed E-state index contributed by atoms with van der Waals surface area (Å²) in [5.74, 6) is -0.0354. The minimum absolute atomic E-state index is 0.117. The Morgan fingerprint density at radius 2 is 2.00 bits per heavy atom. The average Bonchev–Trinajstić information content (AvgIpc) is 2.73. The number of ether oxygens (including phenoxy) is 1. The van der Waals surface area contributed by atoms with E-state index < -0.39 is 10.0 Å². The van der Waals surface area contributed by atoms with Gasteiger partial charge in [-0.25, -0.2) is 8.42 Å². The molecule has 7 nitrogen and oxygen atoms in total. The van der Waals surface area contributed by atoms with E-state index in [0.717, 1.165) is 19.3 Å². The van der Waals surface area contributed by atoms with E-state index in [-0.39, 0.29) is 10.8 Å². The summed E-state index contributed by atoms with van der Waals surface area (Å²) in [6.07, 6.45) is 8.84. The van der Waals surface area contributed by atoms with Gasteiger partial charge in [0, 0.05) is 25.4 Å². The van der Waals surface area contributed by atoms with Gasteiger partial charge in [0.25, 0.3) is 0 Å². The van der Waals surface area contributed by atoms with Crippen molar-refractivity contribution in [3.8, 4) is 5.75 Å². The largest absolute Gasteiger partial charge is 0.495 e. The summed E-state index contributed by atoms with van der Waals surface area (Å²) >= 11 is 0. The number of pyridine rings is 1. The number of rotatable bonds is 6. The van der Waals surface area contributed by atoms with Crippen molar-refractivity contribution >= 4 is 27.7 Å². The van der Waals surface area contributed by atoms with Gasteiger partial charge in [-0.2, -0.15) is 4.31 Å². The number of amides is 1. The molecule has 8 heteroatoms. The predicted octanol–water partition coefficient (Wildman–Crippen LogP) is 2.92. The molecule has 3 rings (SSSR count). The number of carbonyl (C=O) groups excluding carboxylic acids is 1. The quantitative estimate of drug-likeness (QED) is 0.752. The zero-order valence-electron chi connectivity index (χ0n) is 15.7. The van der Waals surface area contributed by atoms with Crippen molar-refractivity contribution in [3.05, 3.63) is 54.4 Å². The fourth-order valence-corrected chi connectivity index (χ4v) is 4.74. The number of piperidine rings is 1. The molecule has 28 heavy (non-hydrogen) atoms. The lowest BCUT2D eigenvalue weighted by atomic mass is 10.2. The van der Waals surface area contributed by atoms with Crippen molar-refractivity contribution in [1.29, 1.82) is 0 Å². The van der Waals surface area contributed by atoms with Crippen molar-refractivity contribution < 1.29 is 17.9 Å². The van der Waals surface area contributed by atoms with Crippen LogP contribution in [0.15, 0.2) is 53.7 Å². The topological polar surface area (TPSA) is 88.6 Å². The van der Waals surface area contributed by atoms with Gasteiger partial charge in [-0.15, -0.1) is 0 Å². The highest BCUT2D eigenvalue weighted by molar-refractivity contribution is 7.89. The molecule has 0 atom stereocenters. The molecule has 0 saturated carbocycles. The van der Waals surface area contributed by atoms with Crippen LogP contribution < -0.4 is 10.1 Å². The third kappa shape index (κ3) is 4.76. The number of benzene rings is 1. The Morgan fingerprint density at radius 3 is 2.68 bits per heavy atom. The smallest absolute Gasteiger partial charge is 0.248 e. The van der Waals surface area contributed by atoms with Crippen LogP contribution >= 0.6 is 0 Å². The molecule has 0 radical (unpaired) electrons. The molecule has 1 saturated heterocycles. The van der Waals surface area contributed by atoms with E-state index >= 15 is 0 Å². The Hall–Kier alpha value is -2.71. The Balaban J connectivity index is 1.81. The van der Waals surface area contributed by atoms with Crippen LogP contribution in [0.25, 0.3) is 6.08 Å². The normalized spacial score (nSPS) is 15.5. The molecule has 1 N–H and O–H groups in total. The monoisotopic (exact) mass is 401 g/mol. The van der Waals surface area contributed by atoms with Crippen LogP contribution in [0, 0.1) is 0 Å². The molecule has 0 unspecified atom stereocenters. The molecule has 1 aliphatic rings. The fourth-order valence-electron chi connectivity index (χ4n) is 3.04. The number of hydrogen-bond donors (Lipinski definition) is 1. The molecule has 1 aromatic carbocycles. The van der Waals surface area contributed by atoms with Crippen LogP contribution in [0.3, 0.4) is 0 Å². The van der Waals surface area contributed by atoms with Crippen molar-refractivity contribution in [2.45, 2.75) is 24.2 Å². The van der Waals surface area contributed by atoms with Crippen LogP contribution in [-0.2, 0) is 14.8 Å². The van der Waals surface area contributed by atoms with Gasteiger partial charge < -0.3 is 10.1 Å². The van der Waals surface area contributed by atoms with Gasteiger partial charge in [0.2, 0.25) is 15.9 Å². The molecule has 1 aliphatic heterocycles. The lowest BCUT2D eigenvalue weighted by molar-refractivity contribution is -0.111. The molecule has 0 spiro atoms. The third-order valence-corrected chi connectivity index (χ3v) is 6.40. The number of aromatic nitrogens is 1. The zero-order valence-corrected chi connectivity index (χ0v) is 16.5. The highest BCUT2D eigenvalue weighted by atomic mass is 32.2. The minimum atomic E-state index is -3.65. The van der Waals surface area contributed by atoms with Crippen LogP contribution in [0.5, 0.6) is 5.75 Å². The second-order valence-corrected chi connectivity index (χ2v) is 8.35. The molecule has 1 amide bonds. The third-order valence-electron chi connectivity index (χ3n) is 4.48. The minimum Gasteiger partial charge on any atom is -0.495 e. The number of hydrogen-bond acceptors (Lipinski definition) is 5. The van der Waals surface area contributed by atoms with Crippen molar-refractivity contribution in [2.75, 3.05) is 25.5 Å². The highest BCUT2D eigenvalue weighted by Crippen LogP contribution is 2.30. The van der Waals surface area contributed by atoms with Gasteiger partial charge in [-0.05, 0) is 48.7 Å². The number of anilines is 1. The second-order valence-electron chi connectivity index (χ2n) is 6.44. The number of carbonyl (C=O) groups is 1. The van der Waals surface area contributed by atoms with Crippen molar-refractivity contribution in [1.82, 2.24) is 9.29 Å². The number of methoxy groups -OCH3 is 1. The van der Waals surface area contributed by atoms with E-state index in [9.17, 15) is 13.2 Å². The van der Waals surface area contributed by atoms with Gasteiger partial charge in [-0.1, -0.05) is 12.5 Å². The summed E-state index contributed by atoms with van der Waals surface area (Å²) < 4.78 is 32.8. The lowest BCUT2D eigenvalue weighted by Gasteiger charge is -2.26. The van der Waals surface area contributed by atoms with Crippen molar-refractivity contribution in [2.24, 2.45) is 0 Å². The van der Waals surface area contributed by atoms with Gasteiger partial charge >= 0.3 is 0 Å². The first-order chi connectivity index (χ1) is 13.5. The maximum absolute atomic E-state index is 13.0. The van der Waals surface area contributed by atoms with Gasteiger partial charge in [0.15, 0.2) is 0 Å². The number of sulfonamides is 1. The molecule has 1 fully saturated rings. The van der Waals surface area contributed by atoms with E-state index in [1.165, 1.54) is 23.6 Å². The Bertz CT molecular complexity index is 953. The van der Waals surface area contributed by atoms with E-state index in [4.69, 9.17) is 4.74 Å². The van der Waals surface area contributed by atoms with E-state index in [1.807, 2.05) is 0 Å². The second kappa shape index (κ2) is 8.99. The van der Waals surface area contributed by atoms with Crippen LogP contribution in [0.4, 0.5) is 5.69 Å². The number of nitrogens with one attached hydrogen (secondary N) is 1. The van der Waals surface area contributed by atoms with Crippen molar-refractivity contribution in [3.63, 3.8) is 0 Å². The van der Waals surface area contributed by atoms with Crippen LogP contribution in [0.1, 0.15) is 24.8 Å². The molecule has 0 bridgehead atoms. The molecule has 2 aromatic rings. The number of nitrogens with zero attached hydrogens (tertiary/aromatic N) is 2. The maximum Gasteiger partial charge on any atom is 0.248 e. The fraction of sp³-hybridized carbons (Fsp3) is 0.300. The lowest BCUT2D eigenvalue weighted by Crippen LogP contribution is -2.35. The molecule has 0 aliphatic carbocycles. The van der Waals surface area contributed by atoms with Crippen LogP contribution in [0.2, 0.25) is 0 Å². The summed E-state index contributed by atoms with van der Waals surface area (Å²) in [7, 11) is -2.20. The first-order valence-electron chi connectivity index (χ1n) is 9.08. The van der Waals surface area contributed by atoms with E-state index in [1.54, 1.807) is 42.7 Å². The highest BCUT2D eigenvalue weighted by Gasteiger charge is 2.28. The summed E-state index contributed by atoms with van der Waals surface area (Å²) in [5, 5.41) is 2.69. The summed E-state index contributed by atoms with van der Waals surface area (Å²) in [5.41, 5.74) is 1.18. The zero-order chi connectivity index (χ0) is 20.0. The van der Waals surface area contributed by atoms with E-state index in [2.05, 4.69) is 10.3 Å². The molecular weight excluding hydrogens is 378 g/mol. The molecule has 2 heterocycles. The van der Waals surface area contributed by atoms with Gasteiger partial charge in [0.05, 0.1) is 19.0 Å². The Labute approximate surface area is 165 Å². The van der Waals surface area contributed by atoms with Gasteiger partial charge in [-0.3, -0.25) is 9.78 Å². The first kappa shape index (κ1) is 20.0. The molecule has 1 aromatic heterocycles. The first-order valence-corrected chi connectivity index (χ1v) is 10.5. The predicted molar refractivity (Wildman–Crippen MR) is 108 cm³/mol.